The number of aromatic amines is 1. The summed E-state index contributed by atoms with van der Waals surface area (Å²) in [4.78, 5) is 18.8. The summed E-state index contributed by atoms with van der Waals surface area (Å²) in [6, 6.07) is 7.59. The van der Waals surface area contributed by atoms with Crippen LogP contribution in [0.4, 0.5) is 0 Å². The van der Waals surface area contributed by atoms with Gasteiger partial charge in [0.15, 0.2) is 5.82 Å². The highest BCUT2D eigenvalue weighted by Crippen LogP contribution is 2.21. The molecule has 0 bridgehead atoms. The first-order valence-corrected chi connectivity index (χ1v) is 6.56. The smallest absolute Gasteiger partial charge is 0.240 e. The van der Waals surface area contributed by atoms with Gasteiger partial charge in [0.05, 0.1) is 16.7 Å². The van der Waals surface area contributed by atoms with Gasteiger partial charge in [0.25, 0.3) is 0 Å². The number of H-pyrrole nitrogens is 1. The predicted molar refractivity (Wildman–Crippen MR) is 75.5 cm³/mol. The molecule has 0 spiro atoms. The number of amides is 1. The topological polar surface area (TPSA) is 96.2 Å². The molecule has 21 heavy (non-hydrogen) atoms. The largest absolute Gasteiger partial charge is 0.364 e. The third-order valence-corrected chi connectivity index (χ3v) is 3.40. The molecule has 7 heteroatoms. The highest BCUT2D eigenvalue weighted by Gasteiger charge is 2.15. The molecular weight excluding hydrogens is 270 g/mol. The van der Waals surface area contributed by atoms with Gasteiger partial charge in [-0.2, -0.15) is 5.10 Å². The van der Waals surface area contributed by atoms with Gasteiger partial charge in [-0.15, -0.1) is 0 Å². The molecule has 2 aromatic heterocycles. The molecule has 1 aliphatic heterocycles. The number of carbonyl (C=O) groups is 1. The van der Waals surface area contributed by atoms with Gasteiger partial charge in [0.2, 0.25) is 5.91 Å². The van der Waals surface area contributed by atoms with Crippen LogP contribution in [0.1, 0.15) is 18.4 Å². The third-order valence-electron chi connectivity index (χ3n) is 3.40. The monoisotopic (exact) mass is 281 g/mol. The van der Waals surface area contributed by atoms with Gasteiger partial charge in [-0.25, -0.2) is 10.4 Å². The Balaban J connectivity index is 1.75. The molecule has 0 saturated carbocycles. The van der Waals surface area contributed by atoms with E-state index in [9.17, 15) is 4.79 Å². The lowest BCUT2D eigenvalue weighted by Gasteiger charge is -2.11. The van der Waals surface area contributed by atoms with Crippen LogP contribution < -0.4 is 5.43 Å². The number of fused-ring (bicyclic) bond motifs is 1. The first kappa shape index (κ1) is 11.8. The lowest BCUT2D eigenvalue weighted by molar-refractivity contribution is -0.121. The molecule has 1 aliphatic rings. The van der Waals surface area contributed by atoms with Crippen molar-refractivity contribution in [3.8, 4) is 11.5 Å². The zero-order valence-electron chi connectivity index (χ0n) is 11.0. The molecule has 1 aromatic carbocycles. The van der Waals surface area contributed by atoms with Gasteiger partial charge >= 0.3 is 0 Å². The minimum Gasteiger partial charge on any atom is -0.364 e. The van der Waals surface area contributed by atoms with E-state index in [1.54, 1.807) is 6.07 Å². The lowest BCUT2D eigenvalue weighted by atomic mass is 10.0. The zero-order valence-corrected chi connectivity index (χ0v) is 11.0. The number of hydrogen-bond donors (Lipinski definition) is 2. The van der Waals surface area contributed by atoms with Gasteiger partial charge < -0.3 is 9.51 Å². The van der Waals surface area contributed by atoms with Crippen LogP contribution in [-0.2, 0) is 4.79 Å². The van der Waals surface area contributed by atoms with E-state index >= 15 is 0 Å². The number of nitrogens with zero attached hydrogens (tertiary/aromatic N) is 3. The van der Waals surface area contributed by atoms with E-state index in [2.05, 4.69) is 25.7 Å². The second-order valence-electron chi connectivity index (χ2n) is 4.80. The Bertz CT molecular complexity index is 848. The number of hydrazone groups is 1. The van der Waals surface area contributed by atoms with Crippen LogP contribution >= 0.6 is 0 Å². The molecule has 0 unspecified atom stereocenters. The van der Waals surface area contributed by atoms with E-state index in [4.69, 9.17) is 4.52 Å². The molecule has 0 fully saturated rings. The number of nitrogens with one attached hydrogen (secondary N) is 2. The molecule has 0 saturated heterocycles. The maximum absolute atomic E-state index is 11.1. The van der Waals surface area contributed by atoms with Crippen molar-refractivity contribution in [2.75, 3.05) is 0 Å². The number of imidazole rings is 1. The van der Waals surface area contributed by atoms with Gasteiger partial charge in [-0.3, -0.25) is 4.79 Å². The summed E-state index contributed by atoms with van der Waals surface area (Å²) in [5.74, 6) is 0.615. The summed E-state index contributed by atoms with van der Waals surface area (Å²) in [5.41, 5.74) is 6.75. The van der Waals surface area contributed by atoms with Crippen molar-refractivity contribution >= 4 is 22.7 Å². The number of carbonyl (C=O) groups excluding carboxylic acids is 1. The molecule has 3 aromatic rings. The number of benzene rings is 1. The predicted octanol–water partition coefficient (Wildman–Crippen LogP) is 1.83. The van der Waals surface area contributed by atoms with Crippen molar-refractivity contribution in [1.29, 1.82) is 0 Å². The summed E-state index contributed by atoms with van der Waals surface area (Å²) >= 11 is 0. The van der Waals surface area contributed by atoms with Crippen LogP contribution in [0, 0.1) is 0 Å². The van der Waals surface area contributed by atoms with Crippen LogP contribution in [0.5, 0.6) is 0 Å². The maximum atomic E-state index is 11.1. The minimum absolute atomic E-state index is 0.0466. The van der Waals surface area contributed by atoms with Crippen LogP contribution in [0.2, 0.25) is 0 Å². The Hall–Kier alpha value is -2.96. The van der Waals surface area contributed by atoms with Crippen LogP contribution in [0.25, 0.3) is 22.6 Å². The molecule has 1 amide bonds. The fourth-order valence-corrected chi connectivity index (χ4v) is 2.33. The fraction of sp³-hybridized carbons (Fsp3) is 0.143. The highest BCUT2D eigenvalue weighted by atomic mass is 16.5. The Morgan fingerprint density at radius 1 is 1.19 bits per heavy atom. The van der Waals surface area contributed by atoms with E-state index in [0.29, 0.717) is 24.4 Å². The summed E-state index contributed by atoms with van der Waals surface area (Å²) < 4.78 is 4.82. The van der Waals surface area contributed by atoms with Gasteiger partial charge in [0, 0.05) is 18.9 Å². The van der Waals surface area contributed by atoms with Gasteiger partial charge in [0.1, 0.15) is 12.0 Å². The fourth-order valence-electron chi connectivity index (χ4n) is 2.33. The number of rotatable bonds is 2. The molecule has 0 aliphatic carbocycles. The molecule has 2 N–H and O–H groups in total. The van der Waals surface area contributed by atoms with Crippen molar-refractivity contribution < 1.29 is 9.32 Å². The second-order valence-corrected chi connectivity index (χ2v) is 4.80. The number of aromatic nitrogens is 3. The van der Waals surface area contributed by atoms with E-state index in [0.717, 1.165) is 22.3 Å². The van der Waals surface area contributed by atoms with E-state index in [-0.39, 0.29) is 5.91 Å². The molecule has 104 valence electrons. The maximum Gasteiger partial charge on any atom is 0.240 e. The average Bonchev–Trinajstić information content (AvgIpc) is 3.16. The first-order chi connectivity index (χ1) is 10.3. The summed E-state index contributed by atoms with van der Waals surface area (Å²) in [5, 5.41) is 7.96. The van der Waals surface area contributed by atoms with Crippen molar-refractivity contribution in [3.05, 3.63) is 36.1 Å². The molecule has 0 atom stereocenters. The summed E-state index contributed by atoms with van der Waals surface area (Å²) in [6.07, 6.45) is 2.61. The Labute approximate surface area is 119 Å². The van der Waals surface area contributed by atoms with E-state index in [1.165, 1.54) is 6.26 Å². The zero-order chi connectivity index (χ0) is 14.2. The summed E-state index contributed by atoms with van der Waals surface area (Å²) in [7, 11) is 0. The van der Waals surface area contributed by atoms with Crippen molar-refractivity contribution in [1.82, 2.24) is 20.6 Å². The average molecular weight is 281 g/mol. The molecular formula is C14H11N5O2. The van der Waals surface area contributed by atoms with Crippen LogP contribution in [0.15, 0.2) is 40.2 Å². The van der Waals surface area contributed by atoms with Crippen LogP contribution in [-0.4, -0.2) is 26.7 Å². The van der Waals surface area contributed by atoms with Crippen LogP contribution in [0.3, 0.4) is 0 Å². The molecule has 7 nitrogen and oxygen atoms in total. The Morgan fingerprint density at radius 2 is 2.14 bits per heavy atom. The summed E-state index contributed by atoms with van der Waals surface area (Å²) in [6.45, 7) is 0. The van der Waals surface area contributed by atoms with E-state index in [1.807, 2.05) is 18.2 Å². The third kappa shape index (κ3) is 2.08. The standard InChI is InChI=1S/C14H11N5O2/c20-13-4-3-9(17-18-13)8-1-2-10-12(7-8)16-14(15-10)11-5-6-21-19-11/h1-2,5-7H,3-4H2,(H,15,16)(H,18,20). The molecule has 3 heterocycles. The SMILES string of the molecule is O=C1CCC(c2ccc3nc(-c4ccon4)[nH]c3c2)=NN1. The Morgan fingerprint density at radius 3 is 2.90 bits per heavy atom. The molecule has 0 radical (unpaired) electrons. The van der Waals surface area contributed by atoms with Crippen molar-refractivity contribution in [2.45, 2.75) is 12.8 Å². The lowest BCUT2D eigenvalue weighted by Crippen LogP contribution is -2.25. The number of hydrogen-bond acceptors (Lipinski definition) is 5. The molecule has 4 rings (SSSR count). The first-order valence-electron chi connectivity index (χ1n) is 6.56. The minimum atomic E-state index is -0.0466. The van der Waals surface area contributed by atoms with Gasteiger partial charge in [-0.1, -0.05) is 11.2 Å². The van der Waals surface area contributed by atoms with E-state index < -0.39 is 0 Å². The quantitative estimate of drug-likeness (QED) is 0.749. The second kappa shape index (κ2) is 4.55. The highest BCUT2D eigenvalue weighted by molar-refractivity contribution is 6.05. The van der Waals surface area contributed by atoms with Crippen molar-refractivity contribution in [3.63, 3.8) is 0 Å². The Kier molecular flexibility index (Phi) is 2.56. The normalized spacial score (nSPS) is 15.0. The van der Waals surface area contributed by atoms with Gasteiger partial charge in [-0.05, 0) is 17.7 Å². The van der Waals surface area contributed by atoms with Crippen molar-refractivity contribution in [2.24, 2.45) is 5.10 Å².